The van der Waals surface area contributed by atoms with Crippen LogP contribution in [-0.2, 0) is 9.59 Å². The van der Waals surface area contributed by atoms with Gasteiger partial charge in [0.05, 0.1) is 6.42 Å². The molecule has 0 bridgehead atoms. The van der Waals surface area contributed by atoms with Crippen molar-refractivity contribution in [1.29, 1.82) is 0 Å². The second-order valence-electron chi connectivity index (χ2n) is 7.10. The van der Waals surface area contributed by atoms with E-state index in [9.17, 15) is 9.59 Å². The summed E-state index contributed by atoms with van der Waals surface area (Å²) in [4.78, 5) is 27.8. The van der Waals surface area contributed by atoms with E-state index in [4.69, 9.17) is 5.11 Å². The van der Waals surface area contributed by atoms with Gasteiger partial charge in [0.2, 0.25) is 5.91 Å². The summed E-state index contributed by atoms with van der Waals surface area (Å²) in [5, 5.41) is 8.92. The Hall–Kier alpha value is -1.10. The Balaban J connectivity index is 1.96. The molecule has 0 spiro atoms. The van der Waals surface area contributed by atoms with Gasteiger partial charge < -0.3 is 10.0 Å². The minimum atomic E-state index is -0.837. The van der Waals surface area contributed by atoms with Crippen molar-refractivity contribution >= 4 is 11.9 Å². The normalized spacial score (nSPS) is 27.4. The molecule has 1 amide bonds. The summed E-state index contributed by atoms with van der Waals surface area (Å²) in [5.74, 6) is -0.730. The van der Waals surface area contributed by atoms with Gasteiger partial charge in [-0.25, -0.2) is 0 Å². The number of hydrogen-bond acceptors (Lipinski definition) is 3. The fraction of sp³-hybridized carbons (Fsp3) is 0.867. The van der Waals surface area contributed by atoms with Crippen LogP contribution in [-0.4, -0.2) is 58.5 Å². The molecule has 0 aromatic carbocycles. The van der Waals surface area contributed by atoms with E-state index in [0.717, 1.165) is 19.6 Å². The third kappa shape index (κ3) is 3.51. The minimum Gasteiger partial charge on any atom is -0.481 e. The van der Waals surface area contributed by atoms with E-state index in [-0.39, 0.29) is 18.4 Å². The van der Waals surface area contributed by atoms with Crippen LogP contribution in [0.4, 0.5) is 0 Å². The lowest BCUT2D eigenvalue weighted by Crippen LogP contribution is -2.57. The number of fused-ring (bicyclic) bond motifs is 1. The average molecular weight is 282 g/mol. The molecule has 0 aromatic heterocycles. The van der Waals surface area contributed by atoms with Crippen molar-refractivity contribution in [1.82, 2.24) is 9.80 Å². The van der Waals surface area contributed by atoms with Crippen LogP contribution in [0.15, 0.2) is 0 Å². The molecular weight excluding hydrogens is 256 g/mol. The Morgan fingerprint density at radius 1 is 1.25 bits per heavy atom. The van der Waals surface area contributed by atoms with Gasteiger partial charge in [0, 0.05) is 31.6 Å². The quantitative estimate of drug-likeness (QED) is 0.850. The number of piperazine rings is 1. The highest BCUT2D eigenvalue weighted by atomic mass is 16.4. The van der Waals surface area contributed by atoms with Crippen molar-refractivity contribution in [2.45, 2.75) is 58.5 Å². The van der Waals surface area contributed by atoms with E-state index in [1.165, 1.54) is 12.8 Å². The largest absolute Gasteiger partial charge is 0.481 e. The Bertz CT molecular complexity index is 395. The summed E-state index contributed by atoms with van der Waals surface area (Å²) in [5.41, 5.74) is -0.477. The van der Waals surface area contributed by atoms with Crippen LogP contribution in [0, 0.1) is 5.41 Å². The lowest BCUT2D eigenvalue weighted by Gasteiger charge is -2.43. The molecule has 114 valence electrons. The Morgan fingerprint density at radius 2 is 1.95 bits per heavy atom. The zero-order valence-electron chi connectivity index (χ0n) is 12.8. The monoisotopic (exact) mass is 282 g/mol. The van der Waals surface area contributed by atoms with Gasteiger partial charge >= 0.3 is 5.97 Å². The van der Waals surface area contributed by atoms with Crippen molar-refractivity contribution in [2.75, 3.05) is 19.6 Å². The summed E-state index contributed by atoms with van der Waals surface area (Å²) < 4.78 is 0. The fourth-order valence-electron chi connectivity index (χ4n) is 3.52. The first-order chi connectivity index (χ1) is 9.28. The highest BCUT2D eigenvalue weighted by molar-refractivity contribution is 5.78. The molecule has 5 heteroatoms. The zero-order chi connectivity index (χ0) is 14.9. The summed E-state index contributed by atoms with van der Waals surface area (Å²) in [7, 11) is 0. The van der Waals surface area contributed by atoms with Gasteiger partial charge in [-0.2, -0.15) is 0 Å². The van der Waals surface area contributed by atoms with Gasteiger partial charge in [-0.05, 0) is 31.7 Å². The lowest BCUT2D eigenvalue weighted by molar-refractivity contribution is -0.142. The maximum absolute atomic E-state index is 12.5. The molecule has 20 heavy (non-hydrogen) atoms. The Morgan fingerprint density at radius 3 is 2.60 bits per heavy atom. The van der Waals surface area contributed by atoms with Crippen molar-refractivity contribution < 1.29 is 14.7 Å². The number of carboxylic acid groups (broad SMARTS) is 1. The van der Waals surface area contributed by atoms with E-state index in [0.29, 0.717) is 12.5 Å². The molecular formula is C15H26N2O3. The van der Waals surface area contributed by atoms with Crippen molar-refractivity contribution in [3.8, 4) is 0 Å². The summed E-state index contributed by atoms with van der Waals surface area (Å²) in [6.07, 6.45) is 2.76. The number of amides is 1. The van der Waals surface area contributed by atoms with E-state index < -0.39 is 11.4 Å². The van der Waals surface area contributed by atoms with Gasteiger partial charge in [0.25, 0.3) is 0 Å². The standard InChI is InChI=1S/C15H26N2O3/c1-11-9-16-6-4-5-12(16)10-17(11)13(18)7-15(2,3)8-14(19)20/h11-12H,4-10H2,1-3H3,(H,19,20). The van der Waals surface area contributed by atoms with Crippen LogP contribution in [0.25, 0.3) is 0 Å². The lowest BCUT2D eigenvalue weighted by atomic mass is 9.85. The first kappa shape index (κ1) is 15.3. The van der Waals surface area contributed by atoms with Crippen LogP contribution in [0.2, 0.25) is 0 Å². The van der Waals surface area contributed by atoms with Crippen molar-refractivity contribution in [3.05, 3.63) is 0 Å². The molecule has 2 unspecified atom stereocenters. The van der Waals surface area contributed by atoms with Crippen LogP contribution < -0.4 is 0 Å². The molecule has 0 aromatic rings. The third-order valence-corrected chi connectivity index (χ3v) is 4.52. The summed E-state index contributed by atoms with van der Waals surface area (Å²) in [6, 6.07) is 0.746. The predicted octanol–water partition coefficient (Wildman–Crippen LogP) is 1.57. The van der Waals surface area contributed by atoms with Crippen LogP contribution in [0.1, 0.15) is 46.5 Å². The number of nitrogens with zero attached hydrogens (tertiary/aromatic N) is 2. The SMILES string of the molecule is CC1CN2CCCC2CN1C(=O)CC(C)(C)CC(=O)O. The molecule has 5 nitrogen and oxygen atoms in total. The van der Waals surface area contributed by atoms with Gasteiger partial charge in [-0.3, -0.25) is 14.5 Å². The summed E-state index contributed by atoms with van der Waals surface area (Å²) in [6.45, 7) is 8.72. The molecule has 2 atom stereocenters. The Labute approximate surface area is 120 Å². The maximum atomic E-state index is 12.5. The summed E-state index contributed by atoms with van der Waals surface area (Å²) >= 11 is 0. The predicted molar refractivity (Wildman–Crippen MR) is 76.4 cm³/mol. The molecule has 2 heterocycles. The van der Waals surface area contributed by atoms with Gasteiger partial charge in [-0.15, -0.1) is 0 Å². The first-order valence-corrected chi connectivity index (χ1v) is 7.54. The number of aliphatic carboxylic acids is 1. The molecule has 2 saturated heterocycles. The molecule has 2 aliphatic rings. The van der Waals surface area contributed by atoms with Gasteiger partial charge in [-0.1, -0.05) is 13.8 Å². The van der Waals surface area contributed by atoms with Crippen LogP contribution >= 0.6 is 0 Å². The second kappa shape index (κ2) is 5.72. The average Bonchev–Trinajstić information content (AvgIpc) is 2.71. The third-order valence-electron chi connectivity index (χ3n) is 4.52. The van der Waals surface area contributed by atoms with Gasteiger partial charge in [0.1, 0.15) is 0 Å². The fourth-order valence-corrected chi connectivity index (χ4v) is 3.52. The van der Waals surface area contributed by atoms with Crippen LogP contribution in [0.3, 0.4) is 0 Å². The zero-order valence-corrected chi connectivity index (χ0v) is 12.8. The second-order valence-corrected chi connectivity index (χ2v) is 7.10. The van der Waals surface area contributed by atoms with Crippen LogP contribution in [0.5, 0.6) is 0 Å². The van der Waals surface area contributed by atoms with Crippen molar-refractivity contribution in [3.63, 3.8) is 0 Å². The molecule has 0 saturated carbocycles. The van der Waals surface area contributed by atoms with E-state index in [1.54, 1.807) is 0 Å². The molecule has 2 rings (SSSR count). The molecule has 2 fully saturated rings. The first-order valence-electron chi connectivity index (χ1n) is 7.54. The molecule has 1 N–H and O–H groups in total. The van der Waals surface area contributed by atoms with E-state index in [2.05, 4.69) is 11.8 Å². The number of hydrogen-bond donors (Lipinski definition) is 1. The number of carbonyl (C=O) groups is 2. The van der Waals surface area contributed by atoms with Crippen molar-refractivity contribution in [2.24, 2.45) is 5.41 Å². The minimum absolute atomic E-state index is 0.0382. The van der Waals surface area contributed by atoms with E-state index in [1.807, 2.05) is 18.7 Å². The molecule has 0 aliphatic carbocycles. The number of carbonyl (C=O) groups excluding carboxylic acids is 1. The number of rotatable bonds is 4. The molecule has 0 radical (unpaired) electrons. The topological polar surface area (TPSA) is 60.9 Å². The smallest absolute Gasteiger partial charge is 0.303 e. The number of carboxylic acids is 1. The highest BCUT2D eigenvalue weighted by Crippen LogP contribution is 2.29. The van der Waals surface area contributed by atoms with Gasteiger partial charge in [0.15, 0.2) is 0 Å². The highest BCUT2D eigenvalue weighted by Gasteiger charge is 2.38. The van der Waals surface area contributed by atoms with E-state index >= 15 is 0 Å². The Kier molecular flexibility index (Phi) is 4.37. The maximum Gasteiger partial charge on any atom is 0.303 e. The molecule has 2 aliphatic heterocycles.